The van der Waals surface area contributed by atoms with E-state index in [9.17, 15) is 9.59 Å². The molecular formula is C60H84BrN5O4. The minimum absolute atomic E-state index is 0. The normalized spacial score (nSPS) is 18.5. The molecule has 3 heterocycles. The number of benzene rings is 3. The Morgan fingerprint density at radius 3 is 2.44 bits per heavy atom. The third-order valence-corrected chi connectivity index (χ3v) is 16.1. The van der Waals surface area contributed by atoms with Crippen LogP contribution in [0, 0.1) is 0 Å². The summed E-state index contributed by atoms with van der Waals surface area (Å²) in [5.41, 5.74) is 8.32. The monoisotopic (exact) mass is 1020 g/mol. The molecule has 2 aliphatic heterocycles. The van der Waals surface area contributed by atoms with Gasteiger partial charge in [-0.1, -0.05) is 62.4 Å². The van der Waals surface area contributed by atoms with E-state index in [2.05, 4.69) is 107 Å². The van der Waals surface area contributed by atoms with Gasteiger partial charge in [0.2, 0.25) is 11.6 Å². The van der Waals surface area contributed by atoms with Crippen molar-refractivity contribution < 1.29 is 35.5 Å². The Morgan fingerprint density at radius 2 is 1.63 bits per heavy atom. The number of carbonyl (C=O) groups is 1. The predicted molar refractivity (Wildman–Crippen MR) is 286 cm³/mol. The number of unbranched alkanes of at least 4 members (excludes halogenated alkanes) is 5. The number of ether oxygens (including phenoxy) is 1. The molecule has 380 valence electrons. The fraction of sp³-hybridized carbons (Fsp3) is 0.583. The summed E-state index contributed by atoms with van der Waals surface area (Å²) in [5.74, 6) is 1.93. The molecule has 4 aliphatic rings. The number of nitrogens with one attached hydrogen (secondary N) is 1. The number of anilines is 1. The molecule has 10 heteroatoms. The average Bonchev–Trinajstić information content (AvgIpc) is 3.59. The summed E-state index contributed by atoms with van der Waals surface area (Å²) in [6.07, 6.45) is 25.1. The molecule has 3 aromatic carbocycles. The molecule has 1 atom stereocenters. The molecule has 70 heavy (non-hydrogen) atoms. The van der Waals surface area contributed by atoms with E-state index in [1.165, 1.54) is 107 Å². The Labute approximate surface area is 430 Å². The van der Waals surface area contributed by atoms with E-state index < -0.39 is 0 Å². The fourth-order valence-corrected chi connectivity index (χ4v) is 12.1. The number of fused-ring (bicyclic) bond motifs is 3. The van der Waals surface area contributed by atoms with Crippen LogP contribution in [-0.2, 0) is 16.6 Å². The molecule has 0 spiro atoms. The highest BCUT2D eigenvalue weighted by atomic mass is 79.9. The van der Waals surface area contributed by atoms with Crippen LogP contribution in [0.2, 0.25) is 0 Å². The third-order valence-electron chi connectivity index (χ3n) is 16.1. The van der Waals surface area contributed by atoms with Gasteiger partial charge in [0.15, 0.2) is 5.71 Å². The number of amides is 1. The van der Waals surface area contributed by atoms with Gasteiger partial charge in [-0.05, 0) is 152 Å². The third kappa shape index (κ3) is 13.6. The number of para-hydroxylation sites is 1. The summed E-state index contributed by atoms with van der Waals surface area (Å²) in [6.45, 7) is 19.2. The number of hydrogen-bond donors (Lipinski definition) is 1. The lowest BCUT2D eigenvalue weighted by Crippen LogP contribution is -3.00. The number of nitrogens with zero attached hydrogens (tertiary/aromatic N) is 4. The van der Waals surface area contributed by atoms with E-state index >= 15 is 0 Å². The van der Waals surface area contributed by atoms with E-state index in [1.807, 2.05) is 24.3 Å². The van der Waals surface area contributed by atoms with Gasteiger partial charge in [-0.25, -0.2) is 4.79 Å². The SMILES string of the molecule is CCN(CC)c1ccc2cc(/C=C/C3=[N+](CCCCCC(=O)NCCCCCCOc4cccc5c4CCCC5CCCN4CCN(C5CCCCC5)CC4)c4ccccc4C3(C)C)c(=O)oc2c1.[Br-]. The highest BCUT2D eigenvalue weighted by Gasteiger charge is 2.44. The van der Waals surface area contributed by atoms with Crippen molar-refractivity contribution in [3.8, 4) is 5.75 Å². The first kappa shape index (κ1) is 53.5. The maximum atomic E-state index is 13.2. The van der Waals surface area contributed by atoms with Gasteiger partial charge in [0.05, 0.1) is 17.6 Å². The molecule has 0 bridgehead atoms. The Bertz CT molecular complexity index is 2430. The van der Waals surface area contributed by atoms with Crippen LogP contribution in [0.15, 0.2) is 82.0 Å². The van der Waals surface area contributed by atoms with E-state index in [0.29, 0.717) is 23.5 Å². The zero-order valence-corrected chi connectivity index (χ0v) is 44.8. The number of carbonyl (C=O) groups excluding carboxylic acids is 1. The first-order chi connectivity index (χ1) is 33.7. The van der Waals surface area contributed by atoms with Crippen LogP contribution in [0.5, 0.6) is 5.75 Å². The molecule has 1 amide bonds. The van der Waals surface area contributed by atoms with Gasteiger partial charge in [-0.15, -0.1) is 0 Å². The number of hydrogen-bond acceptors (Lipinski definition) is 7. The van der Waals surface area contributed by atoms with Crippen LogP contribution in [0.25, 0.3) is 17.0 Å². The van der Waals surface area contributed by atoms with Crippen molar-refractivity contribution in [3.05, 3.63) is 105 Å². The number of allylic oxidation sites excluding steroid dienone is 1. The van der Waals surface area contributed by atoms with E-state index in [4.69, 9.17) is 9.15 Å². The average molecular weight is 1020 g/mol. The lowest BCUT2D eigenvalue weighted by molar-refractivity contribution is -0.438. The second-order valence-corrected chi connectivity index (χ2v) is 21.0. The van der Waals surface area contributed by atoms with Crippen LogP contribution < -0.4 is 37.6 Å². The minimum Gasteiger partial charge on any atom is -1.00 e. The summed E-state index contributed by atoms with van der Waals surface area (Å²) in [5, 5.41) is 4.09. The zero-order valence-electron chi connectivity index (χ0n) is 43.3. The lowest BCUT2D eigenvalue weighted by atomic mass is 9.80. The van der Waals surface area contributed by atoms with E-state index in [1.54, 1.807) is 5.56 Å². The van der Waals surface area contributed by atoms with Crippen molar-refractivity contribution in [2.45, 2.75) is 161 Å². The molecule has 0 radical (unpaired) electrons. The molecule has 1 aromatic heterocycles. The largest absolute Gasteiger partial charge is 1.00 e. The van der Waals surface area contributed by atoms with Gasteiger partial charge < -0.3 is 41.3 Å². The second kappa shape index (κ2) is 26.4. The van der Waals surface area contributed by atoms with Crippen molar-refractivity contribution in [3.63, 3.8) is 0 Å². The van der Waals surface area contributed by atoms with Gasteiger partial charge in [0.1, 0.15) is 17.9 Å². The maximum Gasteiger partial charge on any atom is 0.343 e. The standard InChI is InChI=1S/C60H83N5O4.BrH/c1-5-63(6-2)50-34-32-47-44-48(59(67)69-56(47)45-50)33-35-57-60(3,4)53-28-14-15-29-54(53)65(57)38-17-10-13-31-58(66)61-36-16-7-8-18-43-68-55-30-20-26-51-46(22-19-27-52(51)55)23-21-37-62-39-41-64(42-40-62)49-24-11-9-12-25-49;/h14-15,20,26,28-30,32-35,44-46,49H,5-13,16-19,21-25,27,31,36-43H2,1-4H3;1H. The Kier molecular flexibility index (Phi) is 20.2. The van der Waals surface area contributed by atoms with Crippen LogP contribution >= 0.6 is 0 Å². The van der Waals surface area contributed by atoms with Crippen molar-refractivity contribution in [2.75, 3.05) is 70.4 Å². The molecule has 1 unspecified atom stereocenters. The Balaban J connectivity index is 0.00000722. The Hall–Kier alpha value is -4.25. The molecule has 1 N–H and O–H groups in total. The van der Waals surface area contributed by atoms with E-state index in [-0.39, 0.29) is 33.9 Å². The van der Waals surface area contributed by atoms with Crippen LogP contribution in [0.1, 0.15) is 165 Å². The predicted octanol–water partition coefficient (Wildman–Crippen LogP) is 9.20. The first-order valence-electron chi connectivity index (χ1n) is 27.5. The molecule has 2 aliphatic carbocycles. The van der Waals surface area contributed by atoms with Crippen molar-refractivity contribution in [1.29, 1.82) is 0 Å². The molecule has 8 rings (SSSR count). The van der Waals surface area contributed by atoms with Crippen LogP contribution in [0.3, 0.4) is 0 Å². The molecule has 1 saturated carbocycles. The molecule has 4 aromatic rings. The zero-order chi connectivity index (χ0) is 48.0. The van der Waals surface area contributed by atoms with Gasteiger partial charge in [-0.2, -0.15) is 4.58 Å². The van der Waals surface area contributed by atoms with Crippen LogP contribution in [0.4, 0.5) is 11.4 Å². The fourth-order valence-electron chi connectivity index (χ4n) is 12.1. The maximum absolute atomic E-state index is 13.2. The van der Waals surface area contributed by atoms with E-state index in [0.717, 1.165) is 113 Å². The smallest absolute Gasteiger partial charge is 0.343 e. The summed E-state index contributed by atoms with van der Waals surface area (Å²) >= 11 is 0. The van der Waals surface area contributed by atoms with Crippen LogP contribution in [-0.4, -0.2) is 97.5 Å². The summed E-state index contributed by atoms with van der Waals surface area (Å²) in [4.78, 5) is 33.8. The van der Waals surface area contributed by atoms with Crippen molar-refractivity contribution >= 4 is 40.0 Å². The topological polar surface area (TPSA) is 81.3 Å². The summed E-state index contributed by atoms with van der Waals surface area (Å²) in [6, 6.07) is 24.3. The molecular weight excluding hydrogens is 935 g/mol. The molecule has 9 nitrogen and oxygen atoms in total. The van der Waals surface area contributed by atoms with Crippen molar-refractivity contribution in [2.24, 2.45) is 0 Å². The Morgan fingerprint density at radius 1 is 0.843 bits per heavy atom. The number of rotatable bonds is 24. The summed E-state index contributed by atoms with van der Waals surface area (Å²) in [7, 11) is 0. The van der Waals surface area contributed by atoms with Crippen molar-refractivity contribution in [1.82, 2.24) is 15.1 Å². The number of halogens is 1. The quantitative estimate of drug-likeness (QED) is 0.0426. The second-order valence-electron chi connectivity index (χ2n) is 21.0. The molecule has 1 saturated heterocycles. The summed E-state index contributed by atoms with van der Waals surface area (Å²) < 4.78 is 14.7. The lowest BCUT2D eigenvalue weighted by Gasteiger charge is -2.41. The highest BCUT2D eigenvalue weighted by Crippen LogP contribution is 2.41. The highest BCUT2D eigenvalue weighted by molar-refractivity contribution is 6.05. The van der Waals surface area contributed by atoms with Gasteiger partial charge in [-0.3, -0.25) is 9.69 Å². The minimum atomic E-state index is -0.331. The van der Waals surface area contributed by atoms with Gasteiger partial charge in [0.25, 0.3) is 0 Å². The van der Waals surface area contributed by atoms with Gasteiger partial charge >= 0.3 is 5.63 Å². The number of piperazine rings is 1. The molecule has 2 fully saturated rings. The first-order valence-corrected chi connectivity index (χ1v) is 27.5. The van der Waals surface area contributed by atoms with Gasteiger partial charge in [0, 0.05) is 99.5 Å².